The molecule has 35 heavy (non-hydrogen) atoms. The summed E-state index contributed by atoms with van der Waals surface area (Å²) in [6, 6.07) is 8.53. The number of nitrogens with zero attached hydrogens (tertiary/aromatic N) is 2. The van der Waals surface area contributed by atoms with Crippen LogP contribution in [0.1, 0.15) is 53.0 Å². The maximum absolute atomic E-state index is 11.1. The molecule has 0 aliphatic heterocycles. The Labute approximate surface area is 217 Å². The van der Waals surface area contributed by atoms with Crippen LogP contribution in [-0.4, -0.2) is 41.2 Å². The molecule has 3 aromatic rings. The van der Waals surface area contributed by atoms with Gasteiger partial charge in [-0.2, -0.15) is 8.42 Å². The average molecular weight is 559 g/mol. The van der Waals surface area contributed by atoms with Crippen LogP contribution in [0.4, 0.5) is 5.82 Å². The molecular formula is C22H24Cl2N4O5S2. The number of anilines is 1. The first-order valence-corrected chi connectivity index (χ1v) is 13.8. The highest BCUT2D eigenvalue weighted by molar-refractivity contribution is 7.84. The van der Waals surface area contributed by atoms with E-state index in [-0.39, 0.29) is 18.6 Å². The molecule has 9 nitrogen and oxygen atoms in total. The van der Waals surface area contributed by atoms with Crippen molar-refractivity contribution < 1.29 is 22.8 Å². The minimum absolute atomic E-state index is 0.0112. The summed E-state index contributed by atoms with van der Waals surface area (Å²) in [6.45, 7) is 0.0295. The molecule has 1 aliphatic rings. The number of aromatic nitrogens is 2. The van der Waals surface area contributed by atoms with Gasteiger partial charge in [-0.1, -0.05) is 35.3 Å². The third kappa shape index (κ3) is 6.69. The molecule has 1 saturated carbocycles. The average Bonchev–Trinajstić information content (AvgIpc) is 3.43. The molecule has 2 heterocycles. The van der Waals surface area contributed by atoms with Gasteiger partial charge in [0, 0.05) is 33.3 Å². The van der Waals surface area contributed by atoms with Gasteiger partial charge in [0.25, 0.3) is 0 Å². The minimum Gasteiger partial charge on any atom is -0.384 e. The Kier molecular flexibility index (Phi) is 8.29. The Morgan fingerprint density at radius 3 is 2.74 bits per heavy atom. The predicted molar refractivity (Wildman–Crippen MR) is 135 cm³/mol. The maximum Gasteiger partial charge on any atom is 0.333 e. The molecule has 0 amide bonds. The quantitative estimate of drug-likeness (QED) is 0.310. The normalized spacial score (nSPS) is 20.0. The molecule has 2 aromatic heterocycles. The molecule has 1 aromatic carbocycles. The second-order valence-corrected chi connectivity index (χ2v) is 11.7. The zero-order valence-electron chi connectivity index (χ0n) is 18.3. The zero-order chi connectivity index (χ0) is 25.2. The van der Waals surface area contributed by atoms with Crippen LogP contribution < -0.4 is 10.5 Å². The summed E-state index contributed by atoms with van der Waals surface area (Å²) in [5.41, 5.74) is 1.51. The molecule has 2 unspecified atom stereocenters. The number of halogens is 2. The molecular weight excluding hydrogens is 535 g/mol. The lowest BCUT2D eigenvalue weighted by Crippen LogP contribution is -2.22. The number of thiophene rings is 1. The third-order valence-corrected chi connectivity index (χ3v) is 7.99. The molecule has 4 rings (SSSR count). The number of rotatable bonds is 9. The van der Waals surface area contributed by atoms with Crippen molar-refractivity contribution in [1.29, 1.82) is 0 Å². The first-order valence-electron chi connectivity index (χ1n) is 10.7. The van der Waals surface area contributed by atoms with E-state index in [1.165, 1.54) is 12.5 Å². The summed E-state index contributed by atoms with van der Waals surface area (Å²) in [6.07, 6.45) is 3.03. The van der Waals surface area contributed by atoms with Crippen LogP contribution in [0.15, 0.2) is 42.9 Å². The summed E-state index contributed by atoms with van der Waals surface area (Å²) in [5, 5.41) is 30.7. The minimum atomic E-state index is -3.97. The highest BCUT2D eigenvalue weighted by Crippen LogP contribution is 2.40. The molecule has 13 heteroatoms. The Hall–Kier alpha value is -1.83. The lowest BCUT2D eigenvalue weighted by Gasteiger charge is -2.18. The van der Waals surface area contributed by atoms with Crippen molar-refractivity contribution in [1.82, 2.24) is 9.97 Å². The van der Waals surface area contributed by atoms with E-state index in [0.29, 0.717) is 43.2 Å². The Bertz CT molecular complexity index is 1290. The van der Waals surface area contributed by atoms with E-state index >= 15 is 0 Å². The third-order valence-electron chi connectivity index (χ3n) is 5.85. The lowest BCUT2D eigenvalue weighted by molar-refractivity contribution is 0.217. The highest BCUT2D eigenvalue weighted by Gasteiger charge is 2.28. The molecule has 4 atom stereocenters. The fraction of sp³-hybridized carbons (Fsp3) is 0.364. The molecule has 0 bridgehead atoms. The second-order valence-electron chi connectivity index (χ2n) is 8.36. The van der Waals surface area contributed by atoms with Crippen molar-refractivity contribution in [3.63, 3.8) is 0 Å². The fourth-order valence-electron chi connectivity index (χ4n) is 4.14. The monoisotopic (exact) mass is 558 g/mol. The highest BCUT2D eigenvalue weighted by atomic mass is 35.5. The fourth-order valence-corrected chi connectivity index (χ4v) is 6.06. The van der Waals surface area contributed by atoms with E-state index in [0.717, 1.165) is 24.2 Å². The summed E-state index contributed by atoms with van der Waals surface area (Å²) in [5.74, 6) is 0.500. The van der Waals surface area contributed by atoms with Crippen LogP contribution in [0.3, 0.4) is 0 Å². The van der Waals surface area contributed by atoms with Gasteiger partial charge in [-0.05, 0) is 48.9 Å². The van der Waals surface area contributed by atoms with Crippen molar-refractivity contribution in [3.8, 4) is 0 Å². The second kappa shape index (κ2) is 11.1. The SMILES string of the molecule is NS(=O)(=O)OC[C@@H]1CC[C@H](Nc2ncncc2C(O)c2cc(C(O)c3cccc(Cl)c3)c(Cl)s2)C1. The standard InChI is InChI=1S/C22H24Cl2N4O5S2/c23-14-3-1-2-13(7-14)19(29)16-8-18(34-21(16)24)20(30)17-9-26-11-27-22(17)28-15-5-4-12(6-15)10-33-35(25,31)32/h1-3,7-9,11-12,15,19-20,29-30H,4-6,10H2,(H2,25,31,32)(H,26,27,28)/t12-,15+,19?,20?/m1/s1. The van der Waals surface area contributed by atoms with E-state index in [1.54, 1.807) is 30.3 Å². The van der Waals surface area contributed by atoms with Crippen LogP contribution in [0.5, 0.6) is 0 Å². The van der Waals surface area contributed by atoms with E-state index in [2.05, 4.69) is 15.3 Å². The van der Waals surface area contributed by atoms with Crippen LogP contribution in [0.2, 0.25) is 9.36 Å². The van der Waals surface area contributed by atoms with Crippen LogP contribution >= 0.6 is 34.5 Å². The van der Waals surface area contributed by atoms with Crippen LogP contribution in [0, 0.1) is 5.92 Å². The molecule has 5 N–H and O–H groups in total. The van der Waals surface area contributed by atoms with Gasteiger partial charge in [0.05, 0.1) is 10.9 Å². The van der Waals surface area contributed by atoms with Gasteiger partial charge in [0.2, 0.25) is 0 Å². The summed E-state index contributed by atoms with van der Waals surface area (Å²) in [7, 11) is -3.97. The van der Waals surface area contributed by atoms with Gasteiger partial charge in [-0.3, -0.25) is 4.18 Å². The van der Waals surface area contributed by atoms with Gasteiger partial charge < -0.3 is 15.5 Å². The van der Waals surface area contributed by atoms with Crippen molar-refractivity contribution in [2.75, 3.05) is 11.9 Å². The maximum atomic E-state index is 11.1. The Morgan fingerprint density at radius 2 is 2.00 bits per heavy atom. The first-order chi connectivity index (χ1) is 16.6. The number of nitrogens with two attached hydrogens (primary N) is 1. The number of nitrogens with one attached hydrogen (secondary N) is 1. The Morgan fingerprint density at radius 1 is 1.20 bits per heavy atom. The number of hydrogen-bond acceptors (Lipinski definition) is 9. The number of benzene rings is 1. The van der Waals surface area contributed by atoms with Crippen molar-refractivity contribution >= 4 is 50.7 Å². The van der Waals surface area contributed by atoms with E-state index < -0.39 is 22.5 Å². The predicted octanol–water partition coefficient (Wildman–Crippen LogP) is 3.81. The summed E-state index contributed by atoms with van der Waals surface area (Å²) in [4.78, 5) is 8.88. The largest absolute Gasteiger partial charge is 0.384 e. The molecule has 188 valence electrons. The number of aliphatic hydroxyl groups excluding tert-OH is 2. The lowest BCUT2D eigenvalue weighted by atomic mass is 10.0. The first kappa shape index (κ1) is 26.2. The van der Waals surface area contributed by atoms with Gasteiger partial charge in [0.15, 0.2) is 0 Å². The van der Waals surface area contributed by atoms with Crippen molar-refractivity contribution in [2.24, 2.45) is 11.1 Å². The molecule has 0 saturated heterocycles. The zero-order valence-corrected chi connectivity index (χ0v) is 21.5. The van der Waals surface area contributed by atoms with Gasteiger partial charge >= 0.3 is 10.3 Å². The van der Waals surface area contributed by atoms with Gasteiger partial charge in [0.1, 0.15) is 24.4 Å². The number of hydrogen-bond donors (Lipinski definition) is 4. The number of aliphatic hydroxyl groups is 2. The molecule has 1 aliphatic carbocycles. The topological polar surface area (TPSA) is 148 Å². The molecule has 1 fully saturated rings. The van der Waals surface area contributed by atoms with E-state index in [1.807, 2.05) is 0 Å². The summed E-state index contributed by atoms with van der Waals surface area (Å²) < 4.78 is 27.2. The smallest absolute Gasteiger partial charge is 0.333 e. The van der Waals surface area contributed by atoms with E-state index in [4.69, 9.17) is 32.5 Å². The van der Waals surface area contributed by atoms with Gasteiger partial charge in [-0.25, -0.2) is 15.1 Å². The molecule has 0 spiro atoms. The van der Waals surface area contributed by atoms with Crippen LogP contribution in [0.25, 0.3) is 0 Å². The molecule has 0 radical (unpaired) electrons. The van der Waals surface area contributed by atoms with Crippen molar-refractivity contribution in [2.45, 2.75) is 37.5 Å². The van der Waals surface area contributed by atoms with Crippen molar-refractivity contribution in [3.05, 3.63) is 73.8 Å². The van der Waals surface area contributed by atoms with Crippen LogP contribution in [-0.2, 0) is 14.5 Å². The van der Waals surface area contributed by atoms with E-state index in [9.17, 15) is 18.6 Å². The van der Waals surface area contributed by atoms with Gasteiger partial charge in [-0.15, -0.1) is 11.3 Å². The Balaban J connectivity index is 1.49. The summed E-state index contributed by atoms with van der Waals surface area (Å²) >= 11 is 13.6.